The molecule has 0 radical (unpaired) electrons. The van der Waals surface area contributed by atoms with Crippen LogP contribution in [0.3, 0.4) is 0 Å². The van der Waals surface area contributed by atoms with E-state index in [1.165, 1.54) is 16.9 Å². The van der Waals surface area contributed by atoms with Gasteiger partial charge in [0.15, 0.2) is 5.11 Å². The van der Waals surface area contributed by atoms with Crippen molar-refractivity contribution >= 4 is 50.5 Å². The molecule has 0 saturated carbocycles. The van der Waals surface area contributed by atoms with Crippen LogP contribution in [0.15, 0.2) is 47.8 Å². The van der Waals surface area contributed by atoms with Crippen LogP contribution in [-0.2, 0) is 19.4 Å². The molecular formula is C20H21N5OS2. The quantitative estimate of drug-likeness (QED) is 0.337. The van der Waals surface area contributed by atoms with E-state index in [9.17, 15) is 4.79 Å². The molecule has 0 amide bonds. The molecule has 4 rings (SSSR count). The summed E-state index contributed by atoms with van der Waals surface area (Å²) in [5, 5.41) is 4.23. The van der Waals surface area contributed by atoms with Crippen LogP contribution in [0.25, 0.3) is 10.2 Å². The van der Waals surface area contributed by atoms with Crippen molar-refractivity contribution in [2.75, 3.05) is 10.7 Å². The monoisotopic (exact) mass is 411 g/mol. The zero-order valence-corrected chi connectivity index (χ0v) is 17.0. The molecule has 0 spiro atoms. The van der Waals surface area contributed by atoms with Gasteiger partial charge in [0.1, 0.15) is 4.83 Å². The van der Waals surface area contributed by atoms with E-state index in [1.807, 2.05) is 30.3 Å². The van der Waals surface area contributed by atoms with Gasteiger partial charge in [0, 0.05) is 17.1 Å². The molecule has 0 bridgehead atoms. The van der Waals surface area contributed by atoms with E-state index in [2.05, 4.69) is 22.7 Å². The van der Waals surface area contributed by atoms with Crippen LogP contribution < -0.4 is 21.7 Å². The van der Waals surface area contributed by atoms with Crippen molar-refractivity contribution in [1.82, 2.24) is 15.0 Å². The number of hydrazine groups is 1. The number of hydrogen-bond donors (Lipinski definition) is 3. The SMILES string of the molecule is C=CCn1c(NNC(=S)Nc2ccccc2)nc2sc3c(c2c1=O)CCCC3. The average molecular weight is 412 g/mol. The van der Waals surface area contributed by atoms with Crippen LogP contribution in [-0.4, -0.2) is 14.7 Å². The Labute approximate surface area is 172 Å². The smallest absolute Gasteiger partial charge is 0.264 e. The van der Waals surface area contributed by atoms with Gasteiger partial charge in [-0.05, 0) is 55.6 Å². The molecule has 0 saturated heterocycles. The lowest BCUT2D eigenvalue weighted by Gasteiger charge is -2.16. The lowest BCUT2D eigenvalue weighted by Crippen LogP contribution is -2.36. The summed E-state index contributed by atoms with van der Waals surface area (Å²) in [5.41, 5.74) is 7.93. The number of thiophene rings is 1. The number of allylic oxidation sites excluding steroid dienone is 1. The molecule has 2 heterocycles. The summed E-state index contributed by atoms with van der Waals surface area (Å²) in [5.74, 6) is 0.424. The van der Waals surface area contributed by atoms with E-state index in [0.29, 0.717) is 17.6 Å². The van der Waals surface area contributed by atoms with Gasteiger partial charge in [0.05, 0.1) is 5.39 Å². The van der Waals surface area contributed by atoms with Crippen LogP contribution >= 0.6 is 23.6 Å². The van der Waals surface area contributed by atoms with E-state index in [0.717, 1.165) is 35.2 Å². The van der Waals surface area contributed by atoms with Crippen LogP contribution in [0.5, 0.6) is 0 Å². The van der Waals surface area contributed by atoms with Crippen molar-refractivity contribution in [3.8, 4) is 0 Å². The Morgan fingerprint density at radius 1 is 1.29 bits per heavy atom. The average Bonchev–Trinajstić information content (AvgIpc) is 3.08. The van der Waals surface area contributed by atoms with Crippen molar-refractivity contribution in [3.63, 3.8) is 0 Å². The number of fused-ring (bicyclic) bond motifs is 3. The number of anilines is 2. The fourth-order valence-corrected chi connectivity index (χ4v) is 4.85. The number of thiocarbonyl (C=S) groups is 1. The van der Waals surface area contributed by atoms with Gasteiger partial charge in [0.2, 0.25) is 5.95 Å². The molecule has 8 heteroatoms. The zero-order chi connectivity index (χ0) is 19.5. The van der Waals surface area contributed by atoms with Gasteiger partial charge < -0.3 is 5.32 Å². The second-order valence-electron chi connectivity index (χ2n) is 6.60. The Balaban J connectivity index is 1.62. The molecule has 0 unspecified atom stereocenters. The van der Waals surface area contributed by atoms with Crippen molar-refractivity contribution in [3.05, 3.63) is 63.8 Å². The number of benzene rings is 1. The second-order valence-corrected chi connectivity index (χ2v) is 8.09. The zero-order valence-electron chi connectivity index (χ0n) is 15.3. The van der Waals surface area contributed by atoms with Crippen molar-refractivity contribution < 1.29 is 0 Å². The number of aryl methyl sites for hydroxylation is 2. The summed E-state index contributed by atoms with van der Waals surface area (Å²) < 4.78 is 1.59. The molecule has 144 valence electrons. The van der Waals surface area contributed by atoms with Gasteiger partial charge in [0.25, 0.3) is 5.56 Å². The third-order valence-corrected chi connectivity index (χ3v) is 6.10. The van der Waals surface area contributed by atoms with E-state index < -0.39 is 0 Å². The minimum absolute atomic E-state index is 0.0319. The molecule has 0 atom stereocenters. The molecule has 1 aromatic carbocycles. The van der Waals surface area contributed by atoms with E-state index in [1.54, 1.807) is 22.0 Å². The van der Waals surface area contributed by atoms with Crippen LogP contribution in [0, 0.1) is 0 Å². The van der Waals surface area contributed by atoms with E-state index in [-0.39, 0.29) is 5.56 Å². The molecule has 3 aromatic rings. The Morgan fingerprint density at radius 3 is 2.86 bits per heavy atom. The first-order valence-corrected chi connectivity index (χ1v) is 10.4. The summed E-state index contributed by atoms with van der Waals surface area (Å²) >= 11 is 6.95. The Morgan fingerprint density at radius 2 is 2.07 bits per heavy atom. The maximum Gasteiger partial charge on any atom is 0.264 e. The lowest BCUT2D eigenvalue weighted by molar-refractivity contribution is 0.698. The predicted molar refractivity (Wildman–Crippen MR) is 120 cm³/mol. The molecule has 3 N–H and O–H groups in total. The first kappa shape index (κ1) is 18.6. The number of hydrogen-bond acceptors (Lipinski definition) is 5. The summed E-state index contributed by atoms with van der Waals surface area (Å²) in [6.07, 6.45) is 5.98. The van der Waals surface area contributed by atoms with Crippen LogP contribution in [0.1, 0.15) is 23.3 Å². The van der Waals surface area contributed by atoms with Gasteiger partial charge in [-0.25, -0.2) is 4.98 Å². The highest BCUT2D eigenvalue weighted by atomic mass is 32.1. The number of para-hydroxylation sites is 1. The molecule has 28 heavy (non-hydrogen) atoms. The Hall–Kier alpha value is -2.71. The highest BCUT2D eigenvalue weighted by molar-refractivity contribution is 7.80. The first-order valence-electron chi connectivity index (χ1n) is 9.21. The fourth-order valence-electron chi connectivity index (χ4n) is 3.43. The maximum atomic E-state index is 13.2. The normalized spacial score (nSPS) is 13.0. The number of rotatable bonds is 5. The molecule has 2 aromatic heterocycles. The Kier molecular flexibility index (Phi) is 5.40. The van der Waals surface area contributed by atoms with Crippen molar-refractivity contribution in [2.45, 2.75) is 32.2 Å². The van der Waals surface area contributed by atoms with Gasteiger partial charge in [-0.2, -0.15) is 0 Å². The summed E-state index contributed by atoms with van der Waals surface area (Å²) in [7, 11) is 0. The highest BCUT2D eigenvalue weighted by Gasteiger charge is 2.21. The van der Waals surface area contributed by atoms with Gasteiger partial charge in [-0.1, -0.05) is 24.3 Å². The predicted octanol–water partition coefficient (Wildman–Crippen LogP) is 3.84. The lowest BCUT2D eigenvalue weighted by atomic mass is 9.97. The minimum atomic E-state index is -0.0319. The first-order chi connectivity index (χ1) is 13.7. The minimum Gasteiger partial charge on any atom is -0.331 e. The van der Waals surface area contributed by atoms with Crippen molar-refractivity contribution in [2.24, 2.45) is 0 Å². The van der Waals surface area contributed by atoms with Gasteiger partial charge >= 0.3 is 0 Å². The van der Waals surface area contributed by atoms with E-state index in [4.69, 9.17) is 17.2 Å². The third-order valence-electron chi connectivity index (χ3n) is 4.71. The maximum absolute atomic E-state index is 13.2. The standard InChI is InChI=1S/C20H21N5OS2/c1-2-12-25-18(26)16-14-10-6-7-11-15(14)28-17(16)22-19(25)23-24-20(27)21-13-8-4-3-5-9-13/h2-5,8-9H,1,6-7,10-12H2,(H,22,23)(H2,21,24,27). The third kappa shape index (κ3) is 3.65. The van der Waals surface area contributed by atoms with E-state index >= 15 is 0 Å². The fraction of sp³-hybridized carbons (Fsp3) is 0.250. The van der Waals surface area contributed by atoms with Crippen LogP contribution in [0.4, 0.5) is 11.6 Å². The second kappa shape index (κ2) is 8.12. The summed E-state index contributed by atoms with van der Waals surface area (Å²) in [6.45, 7) is 4.14. The molecule has 6 nitrogen and oxygen atoms in total. The number of nitrogens with zero attached hydrogens (tertiary/aromatic N) is 2. The Bertz CT molecular complexity index is 1090. The van der Waals surface area contributed by atoms with Gasteiger partial charge in [-0.15, -0.1) is 17.9 Å². The molecule has 1 aliphatic carbocycles. The largest absolute Gasteiger partial charge is 0.331 e. The number of aromatic nitrogens is 2. The van der Waals surface area contributed by atoms with Gasteiger partial charge in [-0.3, -0.25) is 20.2 Å². The molecule has 0 aliphatic heterocycles. The molecular weight excluding hydrogens is 390 g/mol. The molecule has 1 aliphatic rings. The highest BCUT2D eigenvalue weighted by Crippen LogP contribution is 2.34. The topological polar surface area (TPSA) is 71.0 Å². The summed E-state index contributed by atoms with van der Waals surface area (Å²) in [4.78, 5) is 20.0. The summed E-state index contributed by atoms with van der Waals surface area (Å²) in [6, 6.07) is 9.63. The molecule has 0 fully saturated rings. The van der Waals surface area contributed by atoms with Crippen molar-refractivity contribution in [1.29, 1.82) is 0 Å². The van der Waals surface area contributed by atoms with Crippen LogP contribution in [0.2, 0.25) is 0 Å². The number of nitrogens with one attached hydrogen (secondary N) is 3.